The summed E-state index contributed by atoms with van der Waals surface area (Å²) < 4.78 is 0. The minimum absolute atomic E-state index is 1.22. The predicted molar refractivity (Wildman–Crippen MR) is 73.5 cm³/mol. The highest BCUT2D eigenvalue weighted by Gasteiger charge is 2.16. The van der Waals surface area contributed by atoms with Gasteiger partial charge in [-0.25, -0.2) is 0 Å². The summed E-state index contributed by atoms with van der Waals surface area (Å²) >= 11 is 0. The Kier molecular flexibility index (Phi) is 5.75. The Balaban J connectivity index is 1.61. The van der Waals surface area contributed by atoms with E-state index in [1.54, 1.807) is 0 Å². The number of rotatable bonds is 4. The number of hydrogen-bond donors (Lipinski definition) is 0. The van der Waals surface area contributed by atoms with E-state index in [1.165, 1.54) is 84.6 Å². The van der Waals surface area contributed by atoms with Crippen LogP contribution in [-0.2, 0) is 0 Å². The lowest BCUT2D eigenvalue weighted by molar-refractivity contribution is 0.123. The fraction of sp³-hybridized carbons (Fsp3) is 1.00. The van der Waals surface area contributed by atoms with Crippen molar-refractivity contribution >= 4 is 0 Å². The molecule has 3 nitrogen and oxygen atoms in total. The molecule has 0 aromatic carbocycles. The van der Waals surface area contributed by atoms with Gasteiger partial charge in [0.2, 0.25) is 0 Å². The maximum atomic E-state index is 2.68. The average molecular weight is 239 g/mol. The number of piperazine rings is 1. The first-order valence-electron chi connectivity index (χ1n) is 7.55. The van der Waals surface area contributed by atoms with E-state index < -0.39 is 0 Å². The highest BCUT2D eigenvalue weighted by atomic mass is 15.3. The highest BCUT2D eigenvalue weighted by Crippen LogP contribution is 2.09. The zero-order valence-corrected chi connectivity index (χ0v) is 11.5. The van der Waals surface area contributed by atoms with Crippen molar-refractivity contribution in [1.29, 1.82) is 0 Å². The molecule has 0 aliphatic carbocycles. The highest BCUT2D eigenvalue weighted by molar-refractivity contribution is 4.73. The summed E-state index contributed by atoms with van der Waals surface area (Å²) in [6, 6.07) is 0. The van der Waals surface area contributed by atoms with Gasteiger partial charge in [0.05, 0.1) is 0 Å². The first kappa shape index (κ1) is 13.3. The van der Waals surface area contributed by atoms with E-state index in [0.717, 1.165) is 0 Å². The molecule has 2 rings (SSSR count). The molecular weight excluding hydrogens is 210 g/mol. The van der Waals surface area contributed by atoms with E-state index in [4.69, 9.17) is 0 Å². The van der Waals surface area contributed by atoms with Gasteiger partial charge in [0.25, 0.3) is 0 Å². The summed E-state index contributed by atoms with van der Waals surface area (Å²) in [5.41, 5.74) is 0. The predicted octanol–water partition coefficient (Wildman–Crippen LogP) is 1.50. The van der Waals surface area contributed by atoms with Gasteiger partial charge in [0.15, 0.2) is 0 Å². The molecule has 0 radical (unpaired) electrons. The molecule has 0 spiro atoms. The second-order valence-electron chi connectivity index (χ2n) is 5.53. The summed E-state index contributed by atoms with van der Waals surface area (Å²) in [6.45, 7) is 13.9. The van der Waals surface area contributed by atoms with Crippen LogP contribution < -0.4 is 0 Å². The fourth-order valence-electron chi connectivity index (χ4n) is 2.97. The van der Waals surface area contributed by atoms with Crippen LogP contribution in [0.1, 0.15) is 32.6 Å². The molecule has 100 valence electrons. The Morgan fingerprint density at radius 1 is 0.588 bits per heavy atom. The van der Waals surface area contributed by atoms with Crippen molar-refractivity contribution in [3.63, 3.8) is 0 Å². The van der Waals surface area contributed by atoms with Gasteiger partial charge in [-0.05, 0) is 32.5 Å². The molecule has 0 aromatic heterocycles. The van der Waals surface area contributed by atoms with Gasteiger partial charge in [0, 0.05) is 39.3 Å². The third-order valence-electron chi connectivity index (χ3n) is 4.34. The second-order valence-corrected chi connectivity index (χ2v) is 5.53. The van der Waals surface area contributed by atoms with Crippen LogP contribution in [0.25, 0.3) is 0 Å². The van der Waals surface area contributed by atoms with Crippen molar-refractivity contribution in [2.75, 3.05) is 58.9 Å². The summed E-state index contributed by atoms with van der Waals surface area (Å²) in [5.74, 6) is 0. The molecule has 0 unspecified atom stereocenters. The molecule has 0 aromatic rings. The van der Waals surface area contributed by atoms with Gasteiger partial charge in [-0.15, -0.1) is 0 Å². The van der Waals surface area contributed by atoms with Crippen LogP contribution in [0.2, 0.25) is 0 Å². The summed E-state index contributed by atoms with van der Waals surface area (Å²) in [6.07, 6.45) is 5.74. The van der Waals surface area contributed by atoms with Crippen LogP contribution >= 0.6 is 0 Å². The first-order valence-corrected chi connectivity index (χ1v) is 7.55. The van der Waals surface area contributed by atoms with Gasteiger partial charge in [0.1, 0.15) is 0 Å². The van der Waals surface area contributed by atoms with Crippen molar-refractivity contribution in [3.8, 4) is 0 Å². The van der Waals surface area contributed by atoms with Gasteiger partial charge in [-0.2, -0.15) is 0 Å². The van der Waals surface area contributed by atoms with Gasteiger partial charge < -0.3 is 9.80 Å². The summed E-state index contributed by atoms with van der Waals surface area (Å²) in [5, 5.41) is 0. The molecule has 17 heavy (non-hydrogen) atoms. The minimum Gasteiger partial charge on any atom is -0.302 e. The maximum Gasteiger partial charge on any atom is 0.0110 e. The van der Waals surface area contributed by atoms with Crippen molar-refractivity contribution in [2.24, 2.45) is 0 Å². The van der Waals surface area contributed by atoms with E-state index in [-0.39, 0.29) is 0 Å². The lowest BCUT2D eigenvalue weighted by Crippen LogP contribution is -2.48. The molecule has 0 N–H and O–H groups in total. The Labute approximate surface area is 107 Å². The van der Waals surface area contributed by atoms with Crippen LogP contribution in [0.3, 0.4) is 0 Å². The largest absolute Gasteiger partial charge is 0.302 e. The molecule has 0 amide bonds. The fourth-order valence-corrected chi connectivity index (χ4v) is 2.97. The van der Waals surface area contributed by atoms with Crippen molar-refractivity contribution < 1.29 is 0 Å². The molecule has 0 atom stereocenters. The number of nitrogens with zero attached hydrogens (tertiary/aromatic N) is 3. The molecule has 2 heterocycles. The molecule has 0 saturated carbocycles. The SMILES string of the molecule is CCN1CCN(CCN2CCCCCC2)CC1. The van der Waals surface area contributed by atoms with E-state index in [9.17, 15) is 0 Å². The van der Waals surface area contributed by atoms with Gasteiger partial charge in [-0.1, -0.05) is 19.8 Å². The quantitative estimate of drug-likeness (QED) is 0.736. The first-order chi connectivity index (χ1) is 8.38. The zero-order valence-electron chi connectivity index (χ0n) is 11.5. The second kappa shape index (κ2) is 7.34. The molecule has 0 bridgehead atoms. The van der Waals surface area contributed by atoms with Crippen LogP contribution in [0, 0.1) is 0 Å². The van der Waals surface area contributed by atoms with Crippen molar-refractivity contribution in [1.82, 2.24) is 14.7 Å². The van der Waals surface area contributed by atoms with Crippen LogP contribution in [0.4, 0.5) is 0 Å². The Hall–Kier alpha value is -0.120. The van der Waals surface area contributed by atoms with Crippen LogP contribution in [0.15, 0.2) is 0 Å². The normalized spacial score (nSPS) is 25.9. The summed E-state index contributed by atoms with van der Waals surface area (Å²) in [4.78, 5) is 7.89. The Morgan fingerprint density at radius 2 is 1.06 bits per heavy atom. The Bertz CT molecular complexity index is 192. The smallest absolute Gasteiger partial charge is 0.0110 e. The Morgan fingerprint density at radius 3 is 1.59 bits per heavy atom. The molecular formula is C14H29N3. The topological polar surface area (TPSA) is 9.72 Å². The number of likely N-dealkylation sites (tertiary alicyclic amines) is 1. The molecule has 3 heteroatoms. The number of likely N-dealkylation sites (N-methyl/N-ethyl adjacent to an activating group) is 1. The molecule has 2 aliphatic rings. The van der Waals surface area contributed by atoms with E-state index in [0.29, 0.717) is 0 Å². The van der Waals surface area contributed by atoms with Gasteiger partial charge >= 0.3 is 0 Å². The monoisotopic (exact) mass is 239 g/mol. The zero-order chi connectivity index (χ0) is 11.9. The number of hydrogen-bond acceptors (Lipinski definition) is 3. The lowest BCUT2D eigenvalue weighted by atomic mass is 10.2. The standard InChI is InChI=1S/C14H29N3/c1-2-15-9-11-17(12-10-15)14-13-16-7-5-3-4-6-8-16/h2-14H2,1H3. The third kappa shape index (κ3) is 4.57. The maximum absolute atomic E-state index is 2.68. The molecule has 2 aliphatic heterocycles. The van der Waals surface area contributed by atoms with Crippen molar-refractivity contribution in [3.05, 3.63) is 0 Å². The lowest BCUT2D eigenvalue weighted by Gasteiger charge is -2.35. The minimum atomic E-state index is 1.22. The van der Waals surface area contributed by atoms with Crippen molar-refractivity contribution in [2.45, 2.75) is 32.6 Å². The summed E-state index contributed by atoms with van der Waals surface area (Å²) in [7, 11) is 0. The van der Waals surface area contributed by atoms with E-state index in [2.05, 4.69) is 21.6 Å². The van der Waals surface area contributed by atoms with Crippen LogP contribution in [0.5, 0.6) is 0 Å². The molecule has 2 saturated heterocycles. The third-order valence-corrected chi connectivity index (χ3v) is 4.34. The van der Waals surface area contributed by atoms with Crippen LogP contribution in [-0.4, -0.2) is 73.6 Å². The van der Waals surface area contributed by atoms with E-state index in [1.807, 2.05) is 0 Å². The van der Waals surface area contributed by atoms with Gasteiger partial charge in [-0.3, -0.25) is 4.90 Å². The average Bonchev–Trinajstić information content (AvgIpc) is 2.65. The van der Waals surface area contributed by atoms with E-state index >= 15 is 0 Å². The molecule has 2 fully saturated rings.